The molecule has 0 radical (unpaired) electrons. The molecule has 4 nitrogen and oxygen atoms in total. The molecule has 0 bridgehead atoms. The number of nitrogens with zero attached hydrogens (tertiary/aromatic N) is 3. The highest BCUT2D eigenvalue weighted by molar-refractivity contribution is 5.86. The summed E-state index contributed by atoms with van der Waals surface area (Å²) in [7, 11) is 1.79. The number of aromatic nitrogens is 1. The van der Waals surface area contributed by atoms with Gasteiger partial charge in [0.2, 0.25) is 0 Å². The van der Waals surface area contributed by atoms with E-state index in [0.29, 0.717) is 5.92 Å². The van der Waals surface area contributed by atoms with E-state index in [2.05, 4.69) is 64.4 Å². The summed E-state index contributed by atoms with van der Waals surface area (Å²) in [6.45, 7) is 5.53. The van der Waals surface area contributed by atoms with E-state index < -0.39 is 0 Å². The molecule has 2 heterocycles. The van der Waals surface area contributed by atoms with Crippen molar-refractivity contribution in [1.29, 1.82) is 0 Å². The molecule has 1 unspecified atom stereocenters. The normalized spacial score (nSPS) is 17.8. The van der Waals surface area contributed by atoms with Crippen LogP contribution in [0.5, 0.6) is 5.75 Å². The Hall–Kier alpha value is -1.72. The van der Waals surface area contributed by atoms with Crippen molar-refractivity contribution in [3.8, 4) is 5.75 Å². The van der Waals surface area contributed by atoms with Crippen molar-refractivity contribution >= 4 is 53.9 Å². The van der Waals surface area contributed by atoms with Gasteiger partial charge in [0.05, 0.1) is 12.6 Å². The summed E-state index contributed by atoms with van der Waals surface area (Å²) in [5.41, 5.74) is 4.06. The Bertz CT molecular complexity index is 1020. The minimum atomic E-state index is 0. The number of piperazine rings is 1. The van der Waals surface area contributed by atoms with Crippen molar-refractivity contribution in [3.63, 3.8) is 0 Å². The summed E-state index contributed by atoms with van der Waals surface area (Å²) in [5, 5.41) is 1.21. The van der Waals surface area contributed by atoms with Gasteiger partial charge in [0, 0.05) is 31.6 Å². The zero-order chi connectivity index (χ0) is 20.3. The Morgan fingerprint density at radius 2 is 1.70 bits per heavy atom. The highest BCUT2D eigenvalue weighted by atomic mass is 35.5. The lowest BCUT2D eigenvalue weighted by atomic mass is 9.80. The van der Waals surface area contributed by atoms with Crippen LogP contribution in [0.15, 0.2) is 54.6 Å². The van der Waals surface area contributed by atoms with Crippen LogP contribution in [0.1, 0.15) is 36.3 Å². The first kappa shape index (κ1) is 27.5. The summed E-state index contributed by atoms with van der Waals surface area (Å²) in [5.74, 6) is 2.86. The Balaban J connectivity index is 0.00000128. The maximum atomic E-state index is 5.61. The molecule has 3 aromatic rings. The first-order chi connectivity index (χ1) is 14.8. The fourth-order valence-electron chi connectivity index (χ4n) is 5.17. The smallest absolute Gasteiger partial charge is 0.129 e. The highest BCUT2D eigenvalue weighted by Crippen LogP contribution is 2.38. The van der Waals surface area contributed by atoms with Crippen molar-refractivity contribution in [2.75, 3.05) is 44.7 Å². The van der Waals surface area contributed by atoms with Gasteiger partial charge in [-0.15, -0.1) is 37.2 Å². The van der Waals surface area contributed by atoms with Gasteiger partial charge in [-0.25, -0.2) is 4.98 Å². The van der Waals surface area contributed by atoms with Gasteiger partial charge in [-0.3, -0.25) is 4.90 Å². The molecule has 1 fully saturated rings. The van der Waals surface area contributed by atoms with Gasteiger partial charge in [0.1, 0.15) is 11.6 Å². The van der Waals surface area contributed by atoms with Gasteiger partial charge in [-0.05, 0) is 73.5 Å². The van der Waals surface area contributed by atoms with Crippen molar-refractivity contribution in [2.24, 2.45) is 0 Å². The van der Waals surface area contributed by atoms with Crippen LogP contribution in [-0.2, 0) is 6.42 Å². The second-order valence-electron chi connectivity index (χ2n) is 8.60. The average Bonchev–Trinajstić information content (AvgIpc) is 2.82. The number of rotatable bonds is 5. The van der Waals surface area contributed by atoms with Crippen molar-refractivity contribution in [2.45, 2.75) is 31.6 Å². The minimum Gasteiger partial charge on any atom is -0.496 e. The quantitative estimate of drug-likeness (QED) is 0.412. The summed E-state index contributed by atoms with van der Waals surface area (Å²) >= 11 is 0. The number of hydrogen-bond acceptors (Lipinski definition) is 4. The largest absolute Gasteiger partial charge is 0.496 e. The SMILES string of the molecule is COc1cccc2c1CCCC2CCN1CCN(c2ccc3ccccc3n2)CC1.Cl.Cl.Cl. The van der Waals surface area contributed by atoms with Crippen molar-refractivity contribution < 1.29 is 4.74 Å². The molecule has 7 heteroatoms. The topological polar surface area (TPSA) is 28.6 Å². The molecule has 0 spiro atoms. The lowest BCUT2D eigenvalue weighted by Crippen LogP contribution is -2.47. The molecule has 1 saturated heterocycles. The lowest BCUT2D eigenvalue weighted by molar-refractivity contribution is 0.244. The maximum Gasteiger partial charge on any atom is 0.129 e. The molecule has 1 aliphatic carbocycles. The molecule has 1 atom stereocenters. The molecule has 1 aromatic heterocycles. The van der Waals surface area contributed by atoms with E-state index in [9.17, 15) is 0 Å². The summed E-state index contributed by atoms with van der Waals surface area (Å²) in [4.78, 5) is 9.95. The Morgan fingerprint density at radius 1 is 0.909 bits per heavy atom. The van der Waals surface area contributed by atoms with Crippen LogP contribution in [0, 0.1) is 0 Å². The van der Waals surface area contributed by atoms with Gasteiger partial charge < -0.3 is 9.64 Å². The van der Waals surface area contributed by atoms with Crippen LogP contribution in [0.2, 0.25) is 0 Å². The summed E-state index contributed by atoms with van der Waals surface area (Å²) < 4.78 is 5.61. The molecule has 180 valence electrons. The Labute approximate surface area is 215 Å². The van der Waals surface area contributed by atoms with Crippen LogP contribution < -0.4 is 9.64 Å². The fraction of sp³-hybridized carbons (Fsp3) is 0.423. The highest BCUT2D eigenvalue weighted by Gasteiger charge is 2.24. The van der Waals surface area contributed by atoms with Gasteiger partial charge >= 0.3 is 0 Å². The molecule has 2 aromatic carbocycles. The summed E-state index contributed by atoms with van der Waals surface area (Å²) in [6.07, 6.45) is 4.99. The van der Waals surface area contributed by atoms with Gasteiger partial charge in [0.15, 0.2) is 0 Å². The van der Waals surface area contributed by atoms with Gasteiger partial charge in [-0.1, -0.05) is 30.3 Å². The van der Waals surface area contributed by atoms with Crippen LogP contribution in [0.4, 0.5) is 5.82 Å². The van der Waals surface area contributed by atoms with E-state index in [1.807, 2.05) is 0 Å². The van der Waals surface area contributed by atoms with E-state index in [0.717, 1.165) is 49.7 Å². The number of methoxy groups -OCH3 is 1. The molecule has 0 N–H and O–H groups in total. The second kappa shape index (κ2) is 12.7. The third kappa shape index (κ3) is 6.05. The monoisotopic (exact) mass is 509 g/mol. The average molecular weight is 511 g/mol. The fourth-order valence-corrected chi connectivity index (χ4v) is 5.17. The Kier molecular flexibility index (Phi) is 10.6. The third-order valence-corrected chi connectivity index (χ3v) is 6.88. The van der Waals surface area contributed by atoms with Crippen LogP contribution >= 0.6 is 37.2 Å². The molecule has 2 aliphatic rings. The molecule has 1 aliphatic heterocycles. The number of fused-ring (bicyclic) bond motifs is 2. The van der Waals surface area contributed by atoms with Crippen molar-refractivity contribution in [3.05, 3.63) is 65.7 Å². The predicted molar refractivity (Wildman–Crippen MR) is 145 cm³/mol. The van der Waals surface area contributed by atoms with E-state index in [4.69, 9.17) is 9.72 Å². The standard InChI is InChI=1S/C26H31N3O.3ClH/c1-30-25-11-5-8-22-20(7-4-9-23(22)25)14-15-28-16-18-29(19-17-28)26-13-12-21-6-2-3-10-24(21)27-26;;;/h2-3,5-6,8,10-13,20H,4,7,9,14-19H2,1H3;3*1H. The molecular weight excluding hydrogens is 477 g/mol. The van der Waals surface area contributed by atoms with Crippen LogP contribution in [0.25, 0.3) is 10.9 Å². The number of benzene rings is 2. The molecule has 5 rings (SSSR count). The zero-order valence-corrected chi connectivity index (χ0v) is 21.6. The zero-order valence-electron chi connectivity index (χ0n) is 19.1. The number of para-hydroxylation sites is 1. The first-order valence-electron chi connectivity index (χ1n) is 11.3. The van der Waals surface area contributed by atoms with E-state index in [-0.39, 0.29) is 37.2 Å². The van der Waals surface area contributed by atoms with E-state index in [1.54, 1.807) is 7.11 Å². The van der Waals surface area contributed by atoms with E-state index >= 15 is 0 Å². The lowest BCUT2D eigenvalue weighted by Gasteiger charge is -2.36. The first-order valence-corrected chi connectivity index (χ1v) is 11.3. The van der Waals surface area contributed by atoms with Crippen molar-refractivity contribution in [1.82, 2.24) is 9.88 Å². The van der Waals surface area contributed by atoms with Crippen LogP contribution in [-0.4, -0.2) is 49.7 Å². The van der Waals surface area contributed by atoms with E-state index in [1.165, 1.54) is 42.3 Å². The van der Waals surface area contributed by atoms with Gasteiger partial charge in [-0.2, -0.15) is 0 Å². The number of pyridine rings is 1. The third-order valence-electron chi connectivity index (χ3n) is 6.88. The summed E-state index contributed by atoms with van der Waals surface area (Å²) in [6, 6.07) is 19.3. The molecule has 0 amide bonds. The molecule has 0 saturated carbocycles. The predicted octanol–water partition coefficient (Wildman–Crippen LogP) is 6.14. The maximum absolute atomic E-state index is 5.61. The van der Waals surface area contributed by atoms with Gasteiger partial charge in [0.25, 0.3) is 0 Å². The number of hydrogen-bond donors (Lipinski definition) is 0. The molecule has 33 heavy (non-hydrogen) atoms. The number of ether oxygens (including phenoxy) is 1. The second-order valence-corrected chi connectivity index (χ2v) is 8.60. The number of halogens is 3. The number of anilines is 1. The molecular formula is C26H34Cl3N3O. The Morgan fingerprint density at radius 3 is 2.48 bits per heavy atom. The minimum absolute atomic E-state index is 0. The van der Waals surface area contributed by atoms with Crippen LogP contribution in [0.3, 0.4) is 0 Å².